The van der Waals surface area contributed by atoms with Crippen LogP contribution in [-0.2, 0) is 16.6 Å². The van der Waals surface area contributed by atoms with E-state index >= 15 is 0 Å². The lowest BCUT2D eigenvalue weighted by atomic mass is 9.87. The first kappa shape index (κ1) is 16.9. The molecule has 0 bridgehead atoms. The third kappa shape index (κ3) is 4.28. The molecule has 118 valence electrons. The SMILES string of the molecule is CNCc1ccc(Br)c(S(=O)(=O)NC2CCCCC2C)c1. The summed E-state index contributed by atoms with van der Waals surface area (Å²) in [4.78, 5) is 0.327. The number of nitrogens with one attached hydrogen (secondary N) is 2. The number of hydrogen-bond donors (Lipinski definition) is 2. The molecule has 2 unspecified atom stereocenters. The van der Waals surface area contributed by atoms with E-state index < -0.39 is 10.0 Å². The highest BCUT2D eigenvalue weighted by atomic mass is 79.9. The van der Waals surface area contributed by atoms with Crippen LogP contribution in [0.5, 0.6) is 0 Å². The Hall–Kier alpha value is -0.430. The highest BCUT2D eigenvalue weighted by Gasteiger charge is 2.27. The largest absolute Gasteiger partial charge is 0.316 e. The molecule has 1 fully saturated rings. The fourth-order valence-electron chi connectivity index (χ4n) is 2.82. The molecule has 0 saturated heterocycles. The van der Waals surface area contributed by atoms with Crippen molar-refractivity contribution in [3.8, 4) is 0 Å². The Morgan fingerprint density at radius 1 is 1.29 bits per heavy atom. The van der Waals surface area contributed by atoms with E-state index in [1.165, 1.54) is 6.42 Å². The fourth-order valence-corrected chi connectivity index (χ4v) is 5.21. The maximum Gasteiger partial charge on any atom is 0.241 e. The van der Waals surface area contributed by atoms with E-state index in [-0.39, 0.29) is 6.04 Å². The molecule has 1 aliphatic rings. The molecular weight excluding hydrogens is 352 g/mol. The quantitative estimate of drug-likeness (QED) is 0.832. The standard InChI is InChI=1S/C15H23BrN2O2S/c1-11-5-3-4-6-14(11)18-21(19,20)15-9-12(10-17-2)7-8-13(15)16/h7-9,11,14,17-18H,3-6,10H2,1-2H3. The van der Waals surface area contributed by atoms with Gasteiger partial charge in [-0.15, -0.1) is 0 Å². The van der Waals surface area contributed by atoms with Crippen molar-refractivity contribution in [2.75, 3.05) is 7.05 Å². The van der Waals surface area contributed by atoms with Crippen molar-refractivity contribution in [3.63, 3.8) is 0 Å². The third-order valence-corrected chi connectivity index (χ3v) is 6.57. The molecule has 2 rings (SSSR count). The molecule has 2 N–H and O–H groups in total. The van der Waals surface area contributed by atoms with Gasteiger partial charge >= 0.3 is 0 Å². The zero-order chi connectivity index (χ0) is 15.5. The minimum absolute atomic E-state index is 0.0450. The molecule has 6 heteroatoms. The Bertz CT molecular complexity index is 589. The topological polar surface area (TPSA) is 58.2 Å². The van der Waals surface area contributed by atoms with Crippen molar-refractivity contribution in [2.45, 2.75) is 50.1 Å². The van der Waals surface area contributed by atoms with Gasteiger partial charge in [0.15, 0.2) is 0 Å². The molecule has 1 aromatic carbocycles. The number of hydrogen-bond acceptors (Lipinski definition) is 3. The van der Waals surface area contributed by atoms with E-state index in [4.69, 9.17) is 0 Å². The molecule has 1 saturated carbocycles. The van der Waals surface area contributed by atoms with Gasteiger partial charge in [-0.1, -0.05) is 25.8 Å². The van der Waals surface area contributed by atoms with Crippen molar-refractivity contribution in [2.24, 2.45) is 5.92 Å². The fraction of sp³-hybridized carbons (Fsp3) is 0.600. The van der Waals surface area contributed by atoms with Gasteiger partial charge < -0.3 is 5.32 Å². The zero-order valence-electron chi connectivity index (χ0n) is 12.5. The average Bonchev–Trinajstić information content (AvgIpc) is 2.43. The molecular formula is C15H23BrN2O2S. The number of rotatable bonds is 5. The van der Waals surface area contributed by atoms with E-state index in [0.29, 0.717) is 21.8 Å². The molecule has 2 atom stereocenters. The van der Waals surface area contributed by atoms with Crippen LogP contribution in [0.3, 0.4) is 0 Å². The van der Waals surface area contributed by atoms with Crippen molar-refractivity contribution >= 4 is 26.0 Å². The summed E-state index contributed by atoms with van der Waals surface area (Å²) in [6.07, 6.45) is 4.31. The van der Waals surface area contributed by atoms with Gasteiger partial charge in [-0.2, -0.15) is 0 Å². The Kier molecular flexibility index (Phi) is 5.82. The predicted molar refractivity (Wildman–Crippen MR) is 88.6 cm³/mol. The molecule has 4 nitrogen and oxygen atoms in total. The van der Waals surface area contributed by atoms with Crippen LogP contribution in [0, 0.1) is 5.92 Å². The van der Waals surface area contributed by atoms with Crippen LogP contribution in [0.25, 0.3) is 0 Å². The van der Waals surface area contributed by atoms with Crippen molar-refractivity contribution in [1.82, 2.24) is 10.0 Å². The summed E-state index contributed by atoms with van der Waals surface area (Å²) in [7, 11) is -1.64. The smallest absolute Gasteiger partial charge is 0.241 e. The monoisotopic (exact) mass is 374 g/mol. The normalized spacial score (nSPS) is 23.2. The molecule has 0 amide bonds. The maximum atomic E-state index is 12.7. The number of halogens is 1. The summed E-state index contributed by atoms with van der Waals surface area (Å²) in [5, 5.41) is 3.04. The molecule has 1 aromatic rings. The molecule has 1 aliphatic carbocycles. The zero-order valence-corrected chi connectivity index (χ0v) is 14.9. The summed E-state index contributed by atoms with van der Waals surface area (Å²) < 4.78 is 28.8. The van der Waals surface area contributed by atoms with Gasteiger partial charge in [0.1, 0.15) is 0 Å². The lowest BCUT2D eigenvalue weighted by molar-refractivity contribution is 0.310. The van der Waals surface area contributed by atoms with Gasteiger partial charge in [-0.05, 0) is 59.4 Å². The Morgan fingerprint density at radius 3 is 2.67 bits per heavy atom. The maximum absolute atomic E-state index is 12.7. The van der Waals surface area contributed by atoms with Crippen LogP contribution < -0.4 is 10.0 Å². The Labute approximate surface area is 135 Å². The van der Waals surface area contributed by atoms with E-state index in [1.807, 2.05) is 13.1 Å². The molecule has 0 heterocycles. The molecule has 0 aromatic heterocycles. The third-order valence-electron chi connectivity index (χ3n) is 4.08. The van der Waals surface area contributed by atoms with Crippen LogP contribution in [0.1, 0.15) is 38.2 Å². The average molecular weight is 375 g/mol. The summed E-state index contributed by atoms with van der Waals surface area (Å²) in [5.41, 5.74) is 0.956. The first-order valence-corrected chi connectivity index (χ1v) is 9.67. The van der Waals surface area contributed by atoms with Gasteiger partial charge in [0.05, 0.1) is 4.90 Å². The van der Waals surface area contributed by atoms with Crippen molar-refractivity contribution < 1.29 is 8.42 Å². The van der Waals surface area contributed by atoms with E-state index in [1.54, 1.807) is 12.1 Å². The van der Waals surface area contributed by atoms with Crippen LogP contribution in [0.15, 0.2) is 27.6 Å². The van der Waals surface area contributed by atoms with Gasteiger partial charge in [0.25, 0.3) is 0 Å². The predicted octanol–water partition coefficient (Wildman–Crippen LogP) is 3.03. The number of sulfonamides is 1. The summed E-state index contributed by atoms with van der Waals surface area (Å²) in [6, 6.07) is 5.49. The van der Waals surface area contributed by atoms with E-state index in [9.17, 15) is 8.42 Å². The molecule has 0 aliphatic heterocycles. The van der Waals surface area contributed by atoms with Gasteiger partial charge in [0, 0.05) is 17.1 Å². The second kappa shape index (κ2) is 7.22. The lowest BCUT2D eigenvalue weighted by Gasteiger charge is -2.29. The first-order chi connectivity index (χ1) is 9.94. The highest BCUT2D eigenvalue weighted by Crippen LogP contribution is 2.28. The van der Waals surface area contributed by atoms with Gasteiger partial charge in [-0.3, -0.25) is 0 Å². The van der Waals surface area contributed by atoms with Crippen LogP contribution >= 0.6 is 15.9 Å². The minimum Gasteiger partial charge on any atom is -0.316 e. The second-order valence-electron chi connectivity index (χ2n) is 5.78. The summed E-state index contributed by atoms with van der Waals surface area (Å²) in [6.45, 7) is 2.77. The second-order valence-corrected chi connectivity index (χ2v) is 8.32. The minimum atomic E-state index is -3.49. The molecule has 21 heavy (non-hydrogen) atoms. The lowest BCUT2D eigenvalue weighted by Crippen LogP contribution is -2.41. The molecule has 0 spiro atoms. The Balaban J connectivity index is 2.24. The number of benzene rings is 1. The van der Waals surface area contributed by atoms with Crippen LogP contribution in [0.2, 0.25) is 0 Å². The molecule has 0 radical (unpaired) electrons. The van der Waals surface area contributed by atoms with Crippen molar-refractivity contribution in [3.05, 3.63) is 28.2 Å². The van der Waals surface area contributed by atoms with Gasteiger partial charge in [-0.25, -0.2) is 13.1 Å². The highest BCUT2D eigenvalue weighted by molar-refractivity contribution is 9.10. The summed E-state index contributed by atoms with van der Waals surface area (Å²) >= 11 is 3.36. The van der Waals surface area contributed by atoms with E-state index in [2.05, 4.69) is 32.9 Å². The summed E-state index contributed by atoms with van der Waals surface area (Å²) in [5.74, 6) is 0.396. The van der Waals surface area contributed by atoms with Gasteiger partial charge in [0.2, 0.25) is 10.0 Å². The Morgan fingerprint density at radius 2 is 2.00 bits per heavy atom. The van der Waals surface area contributed by atoms with Crippen LogP contribution in [-0.4, -0.2) is 21.5 Å². The van der Waals surface area contributed by atoms with Crippen molar-refractivity contribution in [1.29, 1.82) is 0 Å². The van der Waals surface area contributed by atoms with Crippen LogP contribution in [0.4, 0.5) is 0 Å². The van der Waals surface area contributed by atoms with E-state index in [0.717, 1.165) is 24.8 Å². The first-order valence-electron chi connectivity index (χ1n) is 7.39.